The van der Waals surface area contributed by atoms with Crippen LogP contribution in [0, 0.1) is 17.7 Å². The fourth-order valence-electron chi connectivity index (χ4n) is 1.59. The van der Waals surface area contributed by atoms with Gasteiger partial charge in [0.25, 0.3) is 5.91 Å². The average molecular weight is 314 g/mol. The summed E-state index contributed by atoms with van der Waals surface area (Å²) >= 11 is 0. The van der Waals surface area contributed by atoms with Crippen LogP contribution in [0.25, 0.3) is 0 Å². The SMILES string of the molecule is CC/C(O)=C/C(=N)C(=O)NC(=N)/C=C\NCc1ccc(C)cc1. The molecule has 5 N–H and O–H groups in total. The van der Waals surface area contributed by atoms with Crippen LogP contribution >= 0.6 is 0 Å². The lowest BCUT2D eigenvalue weighted by molar-refractivity contribution is -0.113. The molecular weight excluding hydrogens is 292 g/mol. The number of hydrogen-bond acceptors (Lipinski definition) is 5. The number of aliphatic hydroxyl groups is 1. The van der Waals surface area contributed by atoms with Crippen LogP contribution in [0.3, 0.4) is 0 Å². The lowest BCUT2D eigenvalue weighted by atomic mass is 10.1. The number of aliphatic hydroxyl groups excluding tert-OH is 1. The molecule has 0 aliphatic rings. The topological polar surface area (TPSA) is 109 Å². The Balaban J connectivity index is 2.39. The van der Waals surface area contributed by atoms with Crippen LogP contribution in [-0.2, 0) is 11.3 Å². The first-order valence-corrected chi connectivity index (χ1v) is 7.25. The minimum Gasteiger partial charge on any atom is -0.512 e. The van der Waals surface area contributed by atoms with Crippen molar-refractivity contribution in [1.82, 2.24) is 10.6 Å². The number of allylic oxidation sites excluding steroid dienone is 1. The normalized spacial score (nSPS) is 11.3. The quantitative estimate of drug-likeness (QED) is 0.303. The van der Waals surface area contributed by atoms with Gasteiger partial charge in [0.2, 0.25) is 0 Å². The van der Waals surface area contributed by atoms with E-state index in [2.05, 4.69) is 10.6 Å². The molecule has 0 fully saturated rings. The van der Waals surface area contributed by atoms with E-state index in [0.717, 1.165) is 11.6 Å². The van der Waals surface area contributed by atoms with Crippen LogP contribution in [0.4, 0.5) is 0 Å². The largest absolute Gasteiger partial charge is 0.512 e. The summed E-state index contributed by atoms with van der Waals surface area (Å²) in [6.45, 7) is 4.34. The molecule has 1 amide bonds. The van der Waals surface area contributed by atoms with E-state index in [4.69, 9.17) is 10.8 Å². The van der Waals surface area contributed by atoms with Crippen molar-refractivity contribution in [1.29, 1.82) is 10.8 Å². The highest BCUT2D eigenvalue weighted by atomic mass is 16.3. The van der Waals surface area contributed by atoms with E-state index in [1.807, 2.05) is 31.2 Å². The second-order valence-corrected chi connectivity index (χ2v) is 4.97. The molecule has 1 aromatic carbocycles. The van der Waals surface area contributed by atoms with E-state index in [0.29, 0.717) is 13.0 Å². The highest BCUT2D eigenvalue weighted by Gasteiger charge is 2.08. The van der Waals surface area contributed by atoms with Crippen molar-refractivity contribution in [2.24, 2.45) is 0 Å². The van der Waals surface area contributed by atoms with Crippen molar-refractivity contribution in [2.45, 2.75) is 26.8 Å². The molecule has 0 atom stereocenters. The Labute approximate surface area is 135 Å². The van der Waals surface area contributed by atoms with Crippen LogP contribution in [0.15, 0.2) is 48.4 Å². The number of hydrogen-bond donors (Lipinski definition) is 5. The van der Waals surface area contributed by atoms with E-state index < -0.39 is 11.6 Å². The highest BCUT2D eigenvalue weighted by molar-refractivity contribution is 6.44. The van der Waals surface area contributed by atoms with E-state index in [1.54, 1.807) is 13.1 Å². The maximum absolute atomic E-state index is 11.6. The minimum atomic E-state index is -0.738. The van der Waals surface area contributed by atoms with E-state index >= 15 is 0 Å². The Morgan fingerprint density at radius 3 is 2.52 bits per heavy atom. The summed E-state index contributed by atoms with van der Waals surface area (Å²) in [5.74, 6) is -0.925. The first kappa shape index (κ1) is 18.2. The van der Waals surface area contributed by atoms with Crippen LogP contribution in [0.5, 0.6) is 0 Å². The maximum Gasteiger partial charge on any atom is 0.274 e. The Kier molecular flexibility index (Phi) is 7.26. The molecule has 0 saturated heterocycles. The zero-order valence-corrected chi connectivity index (χ0v) is 13.3. The van der Waals surface area contributed by atoms with Crippen molar-refractivity contribution in [3.63, 3.8) is 0 Å². The molecule has 0 radical (unpaired) electrons. The summed E-state index contributed by atoms with van der Waals surface area (Å²) in [5.41, 5.74) is 1.91. The predicted octanol–water partition coefficient (Wildman–Crippen LogP) is 2.56. The first-order valence-electron chi connectivity index (χ1n) is 7.25. The number of carbonyl (C=O) groups is 1. The maximum atomic E-state index is 11.6. The Hall–Kier alpha value is -2.89. The van der Waals surface area contributed by atoms with E-state index in [9.17, 15) is 9.90 Å². The molecule has 0 unspecified atom stereocenters. The molecule has 1 rings (SSSR count). The van der Waals surface area contributed by atoms with Gasteiger partial charge in [-0.05, 0) is 18.6 Å². The second kappa shape index (κ2) is 9.19. The summed E-state index contributed by atoms with van der Waals surface area (Å²) < 4.78 is 0. The van der Waals surface area contributed by atoms with Gasteiger partial charge in [0.15, 0.2) is 0 Å². The Bertz CT molecular complexity index is 630. The fourth-order valence-corrected chi connectivity index (χ4v) is 1.59. The molecular formula is C17H22N4O2. The van der Waals surface area contributed by atoms with Gasteiger partial charge in [-0.15, -0.1) is 0 Å². The third kappa shape index (κ3) is 7.08. The number of carbonyl (C=O) groups excluding carboxylic acids is 1. The molecule has 6 nitrogen and oxygen atoms in total. The Morgan fingerprint density at radius 2 is 1.91 bits per heavy atom. The number of nitrogens with one attached hydrogen (secondary N) is 4. The van der Waals surface area contributed by atoms with Crippen molar-refractivity contribution in [2.75, 3.05) is 0 Å². The van der Waals surface area contributed by atoms with Crippen molar-refractivity contribution in [3.8, 4) is 0 Å². The lowest BCUT2D eigenvalue weighted by Crippen LogP contribution is -2.33. The molecule has 0 aliphatic heterocycles. The standard InChI is InChI=1S/C17H22N4O2/c1-3-14(22)10-15(18)17(23)21-16(19)8-9-20-11-13-6-4-12(2)5-7-13/h4-10,18,20,22H,3,11H2,1-2H3,(H2,19,21,23)/b9-8-,14-10-,18-15?. The van der Waals surface area contributed by atoms with Gasteiger partial charge in [-0.2, -0.15) is 0 Å². The third-order valence-corrected chi connectivity index (χ3v) is 2.96. The van der Waals surface area contributed by atoms with Gasteiger partial charge >= 0.3 is 0 Å². The summed E-state index contributed by atoms with van der Waals surface area (Å²) in [5, 5.41) is 29.6. The summed E-state index contributed by atoms with van der Waals surface area (Å²) in [7, 11) is 0. The molecule has 0 saturated carbocycles. The van der Waals surface area contributed by atoms with Gasteiger partial charge in [0.1, 0.15) is 11.5 Å². The monoisotopic (exact) mass is 314 g/mol. The van der Waals surface area contributed by atoms with Gasteiger partial charge in [-0.1, -0.05) is 36.8 Å². The third-order valence-electron chi connectivity index (χ3n) is 2.96. The van der Waals surface area contributed by atoms with E-state index in [-0.39, 0.29) is 11.6 Å². The van der Waals surface area contributed by atoms with Gasteiger partial charge in [-0.25, -0.2) is 0 Å². The van der Waals surface area contributed by atoms with Crippen LogP contribution in [0.2, 0.25) is 0 Å². The second-order valence-electron chi connectivity index (χ2n) is 4.97. The number of rotatable bonds is 7. The number of amides is 1. The molecule has 23 heavy (non-hydrogen) atoms. The van der Waals surface area contributed by atoms with Crippen LogP contribution in [-0.4, -0.2) is 22.6 Å². The predicted molar refractivity (Wildman–Crippen MR) is 91.8 cm³/mol. The summed E-state index contributed by atoms with van der Waals surface area (Å²) in [6, 6.07) is 8.07. The zero-order chi connectivity index (χ0) is 17.2. The number of amidine groups is 1. The summed E-state index contributed by atoms with van der Waals surface area (Å²) in [6.07, 6.45) is 4.37. The van der Waals surface area contributed by atoms with Crippen LogP contribution < -0.4 is 10.6 Å². The molecule has 6 heteroatoms. The van der Waals surface area contributed by atoms with Gasteiger partial charge in [0.05, 0.1) is 5.76 Å². The van der Waals surface area contributed by atoms with Crippen molar-refractivity contribution < 1.29 is 9.90 Å². The fraction of sp³-hybridized carbons (Fsp3) is 0.235. The molecule has 0 aromatic heterocycles. The number of benzene rings is 1. The van der Waals surface area contributed by atoms with Gasteiger partial charge in [0, 0.05) is 25.2 Å². The molecule has 1 aromatic rings. The van der Waals surface area contributed by atoms with E-state index in [1.165, 1.54) is 11.6 Å². The summed E-state index contributed by atoms with van der Waals surface area (Å²) in [4.78, 5) is 11.6. The molecule has 122 valence electrons. The van der Waals surface area contributed by atoms with Crippen molar-refractivity contribution >= 4 is 17.5 Å². The smallest absolute Gasteiger partial charge is 0.274 e. The lowest BCUT2D eigenvalue weighted by Gasteiger charge is -2.04. The van der Waals surface area contributed by atoms with Gasteiger partial charge < -0.3 is 15.7 Å². The number of aryl methyl sites for hydroxylation is 1. The first-order chi connectivity index (χ1) is 10.9. The minimum absolute atomic E-state index is 0.0491. The zero-order valence-electron chi connectivity index (χ0n) is 13.3. The molecule has 0 spiro atoms. The van der Waals surface area contributed by atoms with Crippen molar-refractivity contribution in [3.05, 3.63) is 59.5 Å². The van der Waals surface area contributed by atoms with Crippen LogP contribution in [0.1, 0.15) is 24.5 Å². The molecule has 0 heterocycles. The average Bonchev–Trinajstić information content (AvgIpc) is 2.52. The highest BCUT2D eigenvalue weighted by Crippen LogP contribution is 2.02. The molecule has 0 aliphatic carbocycles. The Morgan fingerprint density at radius 1 is 1.26 bits per heavy atom. The van der Waals surface area contributed by atoms with Gasteiger partial charge in [-0.3, -0.25) is 15.6 Å². The molecule has 0 bridgehead atoms.